The van der Waals surface area contributed by atoms with Gasteiger partial charge in [0.05, 0.1) is 16.5 Å². The van der Waals surface area contributed by atoms with E-state index in [2.05, 4.69) is 45.5 Å². The maximum absolute atomic E-state index is 11.5. The highest BCUT2D eigenvalue weighted by atomic mass is 79.9. The lowest BCUT2D eigenvalue weighted by Gasteiger charge is -2.38. The number of allylic oxidation sites excluding steroid dienone is 2. The fourth-order valence-corrected chi connectivity index (χ4v) is 4.26. The molecule has 0 aromatic heterocycles. The summed E-state index contributed by atoms with van der Waals surface area (Å²) in [6.45, 7) is 2.01. The van der Waals surface area contributed by atoms with Crippen molar-refractivity contribution in [2.24, 2.45) is 5.92 Å². The summed E-state index contributed by atoms with van der Waals surface area (Å²) in [4.78, 5) is 11.2. The Kier molecular flexibility index (Phi) is 3.68. The van der Waals surface area contributed by atoms with E-state index in [9.17, 15) is 10.1 Å². The van der Waals surface area contributed by atoms with Crippen LogP contribution in [0.3, 0.4) is 0 Å². The Hall–Kier alpha value is -2.14. The second kappa shape index (κ2) is 5.74. The van der Waals surface area contributed by atoms with Crippen LogP contribution in [0.4, 0.5) is 11.4 Å². The summed E-state index contributed by atoms with van der Waals surface area (Å²) < 4.78 is 1.05. The van der Waals surface area contributed by atoms with E-state index in [1.165, 1.54) is 5.56 Å². The first-order valence-corrected chi connectivity index (χ1v) is 8.82. The Labute approximate surface area is 148 Å². The normalized spacial score (nSPS) is 24.2. The largest absolute Gasteiger partial charge is 0.377 e. The molecule has 0 unspecified atom stereocenters. The molecular weight excluding hydrogens is 368 g/mol. The third kappa shape index (κ3) is 2.35. The topological polar surface area (TPSA) is 55.2 Å². The number of aryl methyl sites for hydroxylation is 1. The van der Waals surface area contributed by atoms with Gasteiger partial charge >= 0.3 is 0 Å². The Morgan fingerprint density at radius 2 is 1.96 bits per heavy atom. The Morgan fingerprint density at radius 3 is 2.67 bits per heavy atom. The summed E-state index contributed by atoms with van der Waals surface area (Å²) in [6.07, 6.45) is 5.23. The molecule has 122 valence electrons. The van der Waals surface area contributed by atoms with Crippen molar-refractivity contribution >= 4 is 27.3 Å². The van der Waals surface area contributed by atoms with Gasteiger partial charge in [-0.1, -0.05) is 46.3 Å². The zero-order chi connectivity index (χ0) is 16.8. The summed E-state index contributed by atoms with van der Waals surface area (Å²) in [6, 6.07) is 12.0. The van der Waals surface area contributed by atoms with E-state index in [1.54, 1.807) is 6.07 Å². The number of nitrogens with zero attached hydrogens (tertiary/aromatic N) is 1. The van der Waals surface area contributed by atoms with Gasteiger partial charge in [0.2, 0.25) is 0 Å². The number of anilines is 1. The average molecular weight is 385 g/mol. The van der Waals surface area contributed by atoms with Crippen LogP contribution in [0, 0.1) is 23.0 Å². The zero-order valence-corrected chi connectivity index (χ0v) is 14.8. The number of fused-ring (bicyclic) bond motifs is 3. The number of nitrogens with one attached hydrogen (secondary N) is 1. The molecule has 2 aromatic rings. The third-order valence-electron chi connectivity index (χ3n) is 5.13. The molecule has 24 heavy (non-hydrogen) atoms. The molecule has 0 fully saturated rings. The van der Waals surface area contributed by atoms with Crippen LogP contribution in [0.15, 0.2) is 53.0 Å². The molecule has 0 spiro atoms. The fourth-order valence-electron chi connectivity index (χ4n) is 3.99. The second-order valence-electron chi connectivity index (χ2n) is 6.47. The van der Waals surface area contributed by atoms with Crippen LogP contribution >= 0.6 is 15.9 Å². The third-order valence-corrected chi connectivity index (χ3v) is 5.66. The molecule has 2 aromatic carbocycles. The Morgan fingerprint density at radius 1 is 1.21 bits per heavy atom. The molecule has 1 aliphatic carbocycles. The summed E-state index contributed by atoms with van der Waals surface area (Å²) >= 11 is 3.48. The van der Waals surface area contributed by atoms with Crippen LogP contribution in [0.25, 0.3) is 0 Å². The van der Waals surface area contributed by atoms with Crippen molar-refractivity contribution in [1.82, 2.24) is 0 Å². The van der Waals surface area contributed by atoms with Gasteiger partial charge in [0.15, 0.2) is 0 Å². The van der Waals surface area contributed by atoms with E-state index in [4.69, 9.17) is 0 Å². The van der Waals surface area contributed by atoms with E-state index >= 15 is 0 Å². The molecule has 1 N–H and O–H groups in total. The maximum Gasteiger partial charge on any atom is 0.275 e. The van der Waals surface area contributed by atoms with Crippen molar-refractivity contribution in [2.45, 2.75) is 25.3 Å². The molecule has 4 rings (SSSR count). The molecule has 3 atom stereocenters. The summed E-state index contributed by atoms with van der Waals surface area (Å²) in [5.41, 5.74) is 4.25. The molecule has 0 saturated heterocycles. The summed E-state index contributed by atoms with van der Waals surface area (Å²) in [5, 5.41) is 15.1. The summed E-state index contributed by atoms with van der Waals surface area (Å²) in [7, 11) is 0. The standard InChI is InChI=1S/C19H17BrN2O2/c1-11-5-10-16(22(23)24)17-14-3-2-4-15(14)19(21-18(11)17)12-6-8-13(20)9-7-12/h2-3,5-10,14-15,19,21H,4H2,1H3/t14-,15+,19+/m1/s1. The number of rotatable bonds is 2. The molecule has 1 aliphatic heterocycles. The number of halogens is 1. The maximum atomic E-state index is 11.5. The van der Waals surface area contributed by atoms with Crippen molar-refractivity contribution in [3.8, 4) is 0 Å². The first-order valence-electron chi connectivity index (χ1n) is 8.03. The van der Waals surface area contributed by atoms with Crippen LogP contribution in [-0.2, 0) is 0 Å². The van der Waals surface area contributed by atoms with Gasteiger partial charge in [-0.2, -0.15) is 0 Å². The minimum Gasteiger partial charge on any atom is -0.377 e. The minimum absolute atomic E-state index is 0.0928. The van der Waals surface area contributed by atoms with E-state index < -0.39 is 0 Å². The summed E-state index contributed by atoms with van der Waals surface area (Å²) in [5.74, 6) is 0.398. The van der Waals surface area contributed by atoms with Gasteiger partial charge in [-0.05, 0) is 42.5 Å². The highest BCUT2D eigenvalue weighted by Gasteiger charge is 2.42. The van der Waals surface area contributed by atoms with Crippen molar-refractivity contribution < 1.29 is 4.92 Å². The van der Waals surface area contributed by atoms with Crippen LogP contribution in [0.2, 0.25) is 0 Å². The quantitative estimate of drug-likeness (QED) is 0.422. The lowest BCUT2D eigenvalue weighted by atomic mass is 9.76. The monoisotopic (exact) mass is 384 g/mol. The number of hydrogen-bond donors (Lipinski definition) is 1. The molecule has 1 heterocycles. The van der Waals surface area contributed by atoms with Crippen molar-refractivity contribution in [1.29, 1.82) is 0 Å². The van der Waals surface area contributed by atoms with Gasteiger partial charge in [0, 0.05) is 22.1 Å². The SMILES string of the molecule is Cc1ccc([N+](=O)[O-])c2c1N[C@@H](c1ccc(Br)cc1)[C@H]1CC=C[C@@H]21. The Balaban J connectivity index is 1.86. The molecule has 0 radical (unpaired) electrons. The van der Waals surface area contributed by atoms with Crippen molar-refractivity contribution in [2.75, 3.05) is 5.32 Å². The molecule has 0 bridgehead atoms. The van der Waals surface area contributed by atoms with E-state index in [-0.39, 0.29) is 22.6 Å². The number of nitro groups is 1. The van der Waals surface area contributed by atoms with E-state index in [0.717, 1.165) is 27.7 Å². The molecular formula is C19H17BrN2O2. The molecule has 0 amide bonds. The van der Waals surface area contributed by atoms with Gasteiger partial charge in [-0.15, -0.1) is 0 Å². The van der Waals surface area contributed by atoms with Crippen LogP contribution in [-0.4, -0.2) is 4.92 Å². The molecule has 4 nitrogen and oxygen atoms in total. The van der Waals surface area contributed by atoms with Crippen LogP contribution in [0.5, 0.6) is 0 Å². The van der Waals surface area contributed by atoms with Gasteiger partial charge in [-0.25, -0.2) is 0 Å². The van der Waals surface area contributed by atoms with Gasteiger partial charge in [-0.3, -0.25) is 10.1 Å². The van der Waals surface area contributed by atoms with Gasteiger partial charge < -0.3 is 5.32 Å². The Bertz CT molecular complexity index is 845. The fraction of sp³-hybridized carbons (Fsp3) is 0.263. The van der Waals surface area contributed by atoms with Crippen molar-refractivity contribution in [3.05, 3.63) is 79.8 Å². The lowest BCUT2D eigenvalue weighted by molar-refractivity contribution is -0.385. The first-order chi connectivity index (χ1) is 11.6. The van der Waals surface area contributed by atoms with E-state index in [1.807, 2.05) is 25.1 Å². The molecule has 2 aliphatic rings. The smallest absolute Gasteiger partial charge is 0.275 e. The van der Waals surface area contributed by atoms with Crippen LogP contribution < -0.4 is 5.32 Å². The highest BCUT2D eigenvalue weighted by Crippen LogP contribution is 2.53. The molecule has 5 heteroatoms. The van der Waals surface area contributed by atoms with Crippen LogP contribution in [0.1, 0.15) is 35.1 Å². The zero-order valence-electron chi connectivity index (χ0n) is 13.2. The van der Waals surface area contributed by atoms with Crippen molar-refractivity contribution in [3.63, 3.8) is 0 Å². The number of nitro benzene ring substituents is 1. The number of benzene rings is 2. The van der Waals surface area contributed by atoms with E-state index in [0.29, 0.717) is 5.92 Å². The van der Waals surface area contributed by atoms with Gasteiger partial charge in [0.25, 0.3) is 5.69 Å². The predicted octanol–water partition coefficient (Wildman–Crippen LogP) is 5.49. The minimum atomic E-state index is -0.261. The average Bonchev–Trinajstić information content (AvgIpc) is 3.05. The van der Waals surface area contributed by atoms with Gasteiger partial charge in [0.1, 0.15) is 0 Å². The molecule has 0 saturated carbocycles. The lowest BCUT2D eigenvalue weighted by Crippen LogP contribution is -2.30. The first kappa shape index (κ1) is 15.4. The number of hydrogen-bond acceptors (Lipinski definition) is 3. The predicted molar refractivity (Wildman–Crippen MR) is 98.3 cm³/mol. The highest BCUT2D eigenvalue weighted by molar-refractivity contribution is 9.10. The second-order valence-corrected chi connectivity index (χ2v) is 7.39.